The summed E-state index contributed by atoms with van der Waals surface area (Å²) in [5.41, 5.74) is 6.23. The molecule has 0 aliphatic rings. The van der Waals surface area contributed by atoms with Crippen molar-refractivity contribution in [1.29, 1.82) is 0 Å². The molecule has 0 saturated heterocycles. The molecule has 0 fully saturated rings. The normalized spacial score (nSPS) is 13.3. The molecule has 0 bridgehead atoms. The first-order chi connectivity index (χ1) is 6.91. The topological polar surface area (TPSA) is 68.0 Å². The van der Waals surface area contributed by atoms with Gasteiger partial charge in [0.1, 0.15) is 0 Å². The molecule has 1 rings (SSSR count). The highest BCUT2D eigenvalue weighted by molar-refractivity contribution is 5.95. The lowest BCUT2D eigenvalue weighted by Crippen LogP contribution is -2.45. The van der Waals surface area contributed by atoms with Crippen molar-refractivity contribution < 1.29 is 4.79 Å². The molecule has 1 amide bonds. The van der Waals surface area contributed by atoms with Crippen molar-refractivity contribution in [2.45, 2.75) is 26.8 Å². The monoisotopic (exact) mass is 207 g/mol. The van der Waals surface area contributed by atoms with Crippen LogP contribution in [0.4, 0.5) is 5.69 Å². The Kier molecular flexibility index (Phi) is 3.42. The van der Waals surface area contributed by atoms with E-state index in [1.165, 1.54) is 0 Å². The molecule has 0 aromatic carbocycles. The summed E-state index contributed by atoms with van der Waals surface area (Å²) >= 11 is 0. The number of carbonyl (C=O) groups is 1. The largest absolute Gasteiger partial charge is 0.323 e. The number of rotatable bonds is 2. The summed E-state index contributed by atoms with van der Waals surface area (Å²) in [4.78, 5) is 15.6. The van der Waals surface area contributed by atoms with Gasteiger partial charge in [-0.1, -0.05) is 20.8 Å². The third-order valence-corrected chi connectivity index (χ3v) is 2.14. The van der Waals surface area contributed by atoms with Crippen LogP contribution < -0.4 is 11.1 Å². The van der Waals surface area contributed by atoms with E-state index in [9.17, 15) is 4.79 Å². The van der Waals surface area contributed by atoms with Crippen LogP contribution in [0.15, 0.2) is 24.5 Å². The van der Waals surface area contributed by atoms with Crippen molar-refractivity contribution in [1.82, 2.24) is 4.98 Å². The Hall–Kier alpha value is -1.42. The van der Waals surface area contributed by atoms with Gasteiger partial charge in [-0.05, 0) is 17.5 Å². The predicted molar refractivity (Wildman–Crippen MR) is 60.3 cm³/mol. The number of nitrogens with zero attached hydrogens (tertiary/aromatic N) is 1. The van der Waals surface area contributed by atoms with E-state index < -0.39 is 6.04 Å². The maximum atomic E-state index is 11.7. The Balaban J connectivity index is 2.65. The molecule has 0 saturated carbocycles. The van der Waals surface area contributed by atoms with Gasteiger partial charge in [-0.2, -0.15) is 0 Å². The van der Waals surface area contributed by atoms with E-state index in [2.05, 4.69) is 10.3 Å². The van der Waals surface area contributed by atoms with Gasteiger partial charge in [0.15, 0.2) is 0 Å². The van der Waals surface area contributed by atoms with E-state index >= 15 is 0 Å². The Morgan fingerprint density at radius 2 is 2.20 bits per heavy atom. The Morgan fingerprint density at radius 1 is 1.53 bits per heavy atom. The number of aromatic nitrogens is 1. The standard InChI is InChI=1S/C11H17N3O/c1-11(2,3)9(12)10(15)14-8-5-4-6-13-7-8/h4-7,9H,12H2,1-3H3,(H,14,15)/t9-/m1/s1. The number of nitrogens with two attached hydrogens (primary N) is 1. The summed E-state index contributed by atoms with van der Waals surface area (Å²) in [6, 6.07) is 3.01. The molecule has 0 aliphatic carbocycles. The van der Waals surface area contributed by atoms with Gasteiger partial charge >= 0.3 is 0 Å². The number of pyridine rings is 1. The zero-order valence-electron chi connectivity index (χ0n) is 9.32. The Bertz CT molecular complexity index is 329. The molecule has 4 heteroatoms. The summed E-state index contributed by atoms with van der Waals surface area (Å²) in [5, 5.41) is 2.72. The smallest absolute Gasteiger partial charge is 0.241 e. The molecule has 15 heavy (non-hydrogen) atoms. The van der Waals surface area contributed by atoms with Crippen molar-refractivity contribution in [3.8, 4) is 0 Å². The molecule has 0 aliphatic heterocycles. The number of nitrogens with one attached hydrogen (secondary N) is 1. The number of hydrogen-bond acceptors (Lipinski definition) is 3. The lowest BCUT2D eigenvalue weighted by Gasteiger charge is -2.25. The quantitative estimate of drug-likeness (QED) is 0.770. The van der Waals surface area contributed by atoms with Gasteiger partial charge in [0.05, 0.1) is 17.9 Å². The molecule has 1 heterocycles. The van der Waals surface area contributed by atoms with Gasteiger partial charge in [0.2, 0.25) is 5.91 Å². The average Bonchev–Trinajstić information content (AvgIpc) is 2.16. The average molecular weight is 207 g/mol. The third-order valence-electron chi connectivity index (χ3n) is 2.14. The first kappa shape index (κ1) is 11.7. The molecule has 82 valence electrons. The molecule has 0 spiro atoms. The number of amides is 1. The van der Waals surface area contributed by atoms with Gasteiger partial charge in [-0.3, -0.25) is 9.78 Å². The maximum absolute atomic E-state index is 11.7. The van der Waals surface area contributed by atoms with Gasteiger partial charge in [0, 0.05) is 6.20 Å². The molecule has 1 atom stereocenters. The Labute approximate surface area is 89.9 Å². The first-order valence-electron chi connectivity index (χ1n) is 4.88. The van der Waals surface area contributed by atoms with Crippen molar-refractivity contribution >= 4 is 11.6 Å². The third kappa shape index (κ3) is 3.32. The van der Waals surface area contributed by atoms with Gasteiger partial charge < -0.3 is 11.1 Å². The van der Waals surface area contributed by atoms with E-state index in [-0.39, 0.29) is 11.3 Å². The van der Waals surface area contributed by atoms with Crippen molar-refractivity contribution in [3.63, 3.8) is 0 Å². The molecule has 1 aromatic heterocycles. The second kappa shape index (κ2) is 4.40. The summed E-state index contributed by atoms with van der Waals surface area (Å²) in [6.45, 7) is 5.79. The van der Waals surface area contributed by atoms with E-state index in [0.29, 0.717) is 5.69 Å². The summed E-state index contributed by atoms with van der Waals surface area (Å²) in [7, 11) is 0. The van der Waals surface area contributed by atoms with Gasteiger partial charge in [-0.15, -0.1) is 0 Å². The molecule has 0 unspecified atom stereocenters. The van der Waals surface area contributed by atoms with Gasteiger partial charge in [0.25, 0.3) is 0 Å². The van der Waals surface area contributed by atoms with E-state index in [1.807, 2.05) is 20.8 Å². The fraction of sp³-hybridized carbons (Fsp3) is 0.455. The second-order valence-corrected chi connectivity index (χ2v) is 4.57. The molecular weight excluding hydrogens is 190 g/mol. The fourth-order valence-electron chi connectivity index (χ4n) is 1.05. The summed E-state index contributed by atoms with van der Waals surface area (Å²) in [5.74, 6) is -0.185. The molecule has 3 N–H and O–H groups in total. The maximum Gasteiger partial charge on any atom is 0.241 e. The van der Waals surface area contributed by atoms with Crippen LogP contribution in [0, 0.1) is 5.41 Å². The SMILES string of the molecule is CC(C)(C)[C@H](N)C(=O)Nc1cccnc1. The zero-order chi connectivity index (χ0) is 11.5. The highest BCUT2D eigenvalue weighted by Gasteiger charge is 2.27. The number of hydrogen-bond donors (Lipinski definition) is 2. The van der Waals surface area contributed by atoms with Crippen LogP contribution in [0.1, 0.15) is 20.8 Å². The lowest BCUT2D eigenvalue weighted by molar-refractivity contribution is -0.119. The fourth-order valence-corrected chi connectivity index (χ4v) is 1.05. The zero-order valence-corrected chi connectivity index (χ0v) is 9.32. The molecular formula is C11H17N3O. The van der Waals surface area contributed by atoms with Crippen LogP contribution >= 0.6 is 0 Å². The van der Waals surface area contributed by atoms with Crippen LogP contribution in [0.5, 0.6) is 0 Å². The minimum atomic E-state index is -0.530. The lowest BCUT2D eigenvalue weighted by atomic mass is 9.87. The van der Waals surface area contributed by atoms with Crippen LogP contribution in [0.2, 0.25) is 0 Å². The van der Waals surface area contributed by atoms with Gasteiger partial charge in [-0.25, -0.2) is 0 Å². The van der Waals surface area contributed by atoms with E-state index in [4.69, 9.17) is 5.73 Å². The minimum Gasteiger partial charge on any atom is -0.323 e. The molecule has 0 radical (unpaired) electrons. The van der Waals surface area contributed by atoms with Crippen LogP contribution in [-0.2, 0) is 4.79 Å². The Morgan fingerprint density at radius 3 is 2.67 bits per heavy atom. The first-order valence-corrected chi connectivity index (χ1v) is 4.88. The second-order valence-electron chi connectivity index (χ2n) is 4.57. The van der Waals surface area contributed by atoms with Crippen molar-refractivity contribution in [2.75, 3.05) is 5.32 Å². The number of anilines is 1. The molecule has 1 aromatic rings. The van der Waals surface area contributed by atoms with Crippen LogP contribution in [-0.4, -0.2) is 16.9 Å². The van der Waals surface area contributed by atoms with E-state index in [0.717, 1.165) is 0 Å². The van der Waals surface area contributed by atoms with Crippen LogP contribution in [0.3, 0.4) is 0 Å². The summed E-state index contributed by atoms with van der Waals surface area (Å²) in [6.07, 6.45) is 3.24. The van der Waals surface area contributed by atoms with Crippen molar-refractivity contribution in [2.24, 2.45) is 11.1 Å². The minimum absolute atomic E-state index is 0.185. The summed E-state index contributed by atoms with van der Waals surface area (Å²) < 4.78 is 0. The molecule has 4 nitrogen and oxygen atoms in total. The predicted octanol–water partition coefficient (Wildman–Crippen LogP) is 1.39. The number of carbonyl (C=O) groups excluding carboxylic acids is 1. The van der Waals surface area contributed by atoms with Crippen molar-refractivity contribution in [3.05, 3.63) is 24.5 Å². The van der Waals surface area contributed by atoms with E-state index in [1.54, 1.807) is 24.5 Å². The highest BCUT2D eigenvalue weighted by Crippen LogP contribution is 2.18. The highest BCUT2D eigenvalue weighted by atomic mass is 16.2. The van der Waals surface area contributed by atoms with Crippen LogP contribution in [0.25, 0.3) is 0 Å².